The van der Waals surface area contributed by atoms with Gasteiger partial charge in [-0.05, 0) is 23.5 Å². The molecule has 0 N–H and O–H groups in total. The molecule has 0 amide bonds. The summed E-state index contributed by atoms with van der Waals surface area (Å²) in [6.45, 7) is 5.57. The molecule has 1 heterocycles. The summed E-state index contributed by atoms with van der Waals surface area (Å²) in [5.41, 5.74) is 1.14. The third-order valence-electron chi connectivity index (χ3n) is 3.08. The van der Waals surface area contributed by atoms with Gasteiger partial charge in [-0.1, -0.05) is 41.4 Å². The van der Waals surface area contributed by atoms with Gasteiger partial charge in [-0.2, -0.15) is 0 Å². The molecule has 0 saturated carbocycles. The van der Waals surface area contributed by atoms with Crippen LogP contribution in [-0.4, -0.2) is 18.5 Å². The van der Waals surface area contributed by atoms with E-state index in [4.69, 9.17) is 21.1 Å². The van der Waals surface area contributed by atoms with Gasteiger partial charge in [-0.25, -0.2) is 0 Å². The molecule has 0 radical (unpaired) electrons. The average Bonchev–Trinajstić information content (AvgIpc) is 2.27. The van der Waals surface area contributed by atoms with Crippen LogP contribution in [0.3, 0.4) is 0 Å². The fourth-order valence-electron chi connectivity index (χ4n) is 1.95. The Balaban J connectivity index is 2.41. The summed E-state index contributed by atoms with van der Waals surface area (Å²) in [5.74, 6) is 1.55. The first-order valence-electron chi connectivity index (χ1n) is 5.70. The van der Waals surface area contributed by atoms with E-state index in [0.29, 0.717) is 13.2 Å². The van der Waals surface area contributed by atoms with E-state index >= 15 is 0 Å². The molecule has 1 aromatic carbocycles. The highest BCUT2D eigenvalue weighted by atomic mass is 79.9. The predicted octanol–water partition coefficient (Wildman–Crippen LogP) is 4.17. The standard InChI is InChI=1S/C13H16BrClO2/c1-13(2,3-4-14)9-7-11-12(8-10(9)15)17-6-5-16-11/h7-8H,3-6H2,1-2H3. The summed E-state index contributed by atoms with van der Waals surface area (Å²) < 4.78 is 11.1. The van der Waals surface area contributed by atoms with Gasteiger partial charge in [0.1, 0.15) is 13.2 Å². The van der Waals surface area contributed by atoms with E-state index in [-0.39, 0.29) is 5.41 Å². The molecule has 0 aromatic heterocycles. The molecule has 17 heavy (non-hydrogen) atoms. The molecule has 0 atom stereocenters. The number of halogens is 2. The highest BCUT2D eigenvalue weighted by Crippen LogP contribution is 2.41. The molecular weight excluding hydrogens is 303 g/mol. The maximum atomic E-state index is 6.33. The van der Waals surface area contributed by atoms with Gasteiger partial charge in [0.2, 0.25) is 0 Å². The largest absolute Gasteiger partial charge is 0.486 e. The average molecular weight is 320 g/mol. The molecular formula is C13H16BrClO2. The summed E-state index contributed by atoms with van der Waals surface area (Å²) in [5, 5.41) is 1.70. The summed E-state index contributed by atoms with van der Waals surface area (Å²) >= 11 is 9.81. The second kappa shape index (κ2) is 5.07. The molecule has 0 aliphatic carbocycles. The summed E-state index contributed by atoms with van der Waals surface area (Å²) in [6.07, 6.45) is 1.02. The highest BCUT2D eigenvalue weighted by molar-refractivity contribution is 9.09. The molecule has 0 bridgehead atoms. The first-order chi connectivity index (χ1) is 8.04. The van der Waals surface area contributed by atoms with Crippen LogP contribution >= 0.6 is 27.5 Å². The van der Waals surface area contributed by atoms with Crippen molar-refractivity contribution >= 4 is 27.5 Å². The van der Waals surface area contributed by atoms with Crippen LogP contribution in [0.15, 0.2) is 12.1 Å². The highest BCUT2D eigenvalue weighted by Gasteiger charge is 2.25. The smallest absolute Gasteiger partial charge is 0.162 e. The predicted molar refractivity (Wildman–Crippen MR) is 73.9 cm³/mol. The molecule has 4 heteroatoms. The first kappa shape index (κ1) is 13.0. The van der Waals surface area contributed by atoms with Crippen molar-refractivity contribution in [2.75, 3.05) is 18.5 Å². The van der Waals surface area contributed by atoms with Crippen molar-refractivity contribution in [1.29, 1.82) is 0 Å². The third-order valence-corrected chi connectivity index (χ3v) is 3.79. The first-order valence-corrected chi connectivity index (χ1v) is 7.20. The Morgan fingerprint density at radius 3 is 2.41 bits per heavy atom. The van der Waals surface area contributed by atoms with Crippen molar-refractivity contribution in [3.05, 3.63) is 22.7 Å². The molecule has 1 aromatic rings. The summed E-state index contributed by atoms with van der Waals surface area (Å²) in [6, 6.07) is 3.88. The maximum Gasteiger partial charge on any atom is 0.162 e. The van der Waals surface area contributed by atoms with Crippen LogP contribution < -0.4 is 9.47 Å². The van der Waals surface area contributed by atoms with Gasteiger partial charge in [-0.3, -0.25) is 0 Å². The number of benzene rings is 1. The maximum absolute atomic E-state index is 6.33. The lowest BCUT2D eigenvalue weighted by Gasteiger charge is -2.28. The van der Waals surface area contributed by atoms with Crippen molar-refractivity contribution in [3.63, 3.8) is 0 Å². The number of hydrogen-bond donors (Lipinski definition) is 0. The van der Waals surface area contributed by atoms with Gasteiger partial charge in [0.25, 0.3) is 0 Å². The minimum Gasteiger partial charge on any atom is -0.486 e. The Kier molecular flexibility index (Phi) is 3.88. The minimum atomic E-state index is 0.0242. The lowest BCUT2D eigenvalue weighted by molar-refractivity contribution is 0.171. The lowest BCUT2D eigenvalue weighted by Crippen LogP contribution is -2.20. The molecule has 0 spiro atoms. The Morgan fingerprint density at radius 1 is 1.24 bits per heavy atom. The second-order valence-electron chi connectivity index (χ2n) is 4.80. The minimum absolute atomic E-state index is 0.0242. The Bertz CT molecular complexity index is 418. The van der Waals surface area contributed by atoms with Crippen LogP contribution in [0.5, 0.6) is 11.5 Å². The van der Waals surface area contributed by atoms with Gasteiger partial charge in [0.15, 0.2) is 11.5 Å². The van der Waals surface area contributed by atoms with Gasteiger partial charge < -0.3 is 9.47 Å². The fraction of sp³-hybridized carbons (Fsp3) is 0.538. The number of hydrogen-bond acceptors (Lipinski definition) is 2. The van der Waals surface area contributed by atoms with E-state index in [9.17, 15) is 0 Å². The van der Waals surface area contributed by atoms with Gasteiger partial charge in [0.05, 0.1) is 0 Å². The van der Waals surface area contributed by atoms with Gasteiger partial charge in [0, 0.05) is 16.4 Å². The summed E-state index contributed by atoms with van der Waals surface area (Å²) in [7, 11) is 0. The van der Waals surface area contributed by atoms with Gasteiger partial charge in [-0.15, -0.1) is 0 Å². The quantitative estimate of drug-likeness (QED) is 0.778. The SMILES string of the molecule is CC(C)(CCBr)c1cc2c(cc1Cl)OCCO2. The van der Waals surface area contributed by atoms with Crippen LogP contribution in [0.2, 0.25) is 5.02 Å². The van der Waals surface area contributed by atoms with E-state index in [0.717, 1.165) is 33.8 Å². The van der Waals surface area contributed by atoms with Crippen molar-refractivity contribution in [2.24, 2.45) is 0 Å². The van der Waals surface area contributed by atoms with E-state index in [2.05, 4.69) is 29.8 Å². The fourth-order valence-corrected chi connectivity index (χ4v) is 3.35. The molecule has 1 aliphatic heterocycles. The molecule has 0 unspecified atom stereocenters. The number of alkyl halides is 1. The van der Waals surface area contributed by atoms with Crippen LogP contribution in [0.1, 0.15) is 25.8 Å². The monoisotopic (exact) mass is 318 g/mol. The Labute approximate surface area is 115 Å². The van der Waals surface area contributed by atoms with Crippen LogP contribution in [0, 0.1) is 0 Å². The molecule has 1 aliphatic rings. The van der Waals surface area contributed by atoms with Crippen LogP contribution in [0.4, 0.5) is 0 Å². The number of ether oxygens (including phenoxy) is 2. The summed E-state index contributed by atoms with van der Waals surface area (Å²) in [4.78, 5) is 0. The number of fused-ring (bicyclic) bond motifs is 1. The normalized spacial score (nSPS) is 14.8. The molecule has 94 valence electrons. The van der Waals surface area contributed by atoms with E-state index in [1.807, 2.05) is 12.1 Å². The van der Waals surface area contributed by atoms with Crippen molar-refractivity contribution < 1.29 is 9.47 Å². The second-order valence-corrected chi connectivity index (χ2v) is 6.00. The van der Waals surface area contributed by atoms with Crippen molar-refractivity contribution in [1.82, 2.24) is 0 Å². The van der Waals surface area contributed by atoms with E-state index in [1.54, 1.807) is 0 Å². The topological polar surface area (TPSA) is 18.5 Å². The van der Waals surface area contributed by atoms with Crippen molar-refractivity contribution in [3.8, 4) is 11.5 Å². The van der Waals surface area contributed by atoms with Crippen molar-refractivity contribution in [2.45, 2.75) is 25.7 Å². The zero-order chi connectivity index (χ0) is 12.5. The zero-order valence-corrected chi connectivity index (χ0v) is 12.4. The van der Waals surface area contributed by atoms with Crippen LogP contribution in [-0.2, 0) is 5.41 Å². The Morgan fingerprint density at radius 2 is 1.82 bits per heavy atom. The molecule has 0 saturated heterocycles. The van der Waals surface area contributed by atoms with E-state index in [1.165, 1.54) is 0 Å². The van der Waals surface area contributed by atoms with E-state index < -0.39 is 0 Å². The van der Waals surface area contributed by atoms with Crippen LogP contribution in [0.25, 0.3) is 0 Å². The Hall–Kier alpha value is -0.410. The molecule has 0 fully saturated rings. The zero-order valence-electron chi connectivity index (χ0n) is 10.1. The number of rotatable bonds is 3. The lowest BCUT2D eigenvalue weighted by atomic mass is 9.82. The van der Waals surface area contributed by atoms with Gasteiger partial charge >= 0.3 is 0 Å². The third kappa shape index (κ3) is 2.71. The molecule has 2 nitrogen and oxygen atoms in total. The molecule has 2 rings (SSSR count).